The minimum Gasteiger partial charge on any atom is -0.495 e. The van der Waals surface area contributed by atoms with Crippen LogP contribution in [0.15, 0.2) is 66.6 Å². The Hall–Kier alpha value is -4.28. The zero-order chi connectivity index (χ0) is 21.4. The van der Waals surface area contributed by atoms with Gasteiger partial charge in [0.2, 0.25) is 17.9 Å². The number of methoxy groups -OCH3 is 1. The van der Waals surface area contributed by atoms with Crippen molar-refractivity contribution in [3.05, 3.63) is 53.6 Å². The van der Waals surface area contributed by atoms with E-state index in [4.69, 9.17) is 9.47 Å². The second-order valence-corrected chi connectivity index (χ2v) is 6.57. The molecule has 5 rings (SSSR count). The van der Waals surface area contributed by atoms with Gasteiger partial charge in [-0.2, -0.15) is 30.0 Å². The zero-order valence-electron chi connectivity index (χ0n) is 17.0. The quantitative estimate of drug-likeness (QED) is 0.753. The van der Waals surface area contributed by atoms with Gasteiger partial charge in [0.1, 0.15) is 17.1 Å². The highest BCUT2D eigenvalue weighted by Gasteiger charge is 2.36. The van der Waals surface area contributed by atoms with Crippen LogP contribution in [0.25, 0.3) is 0 Å². The first-order chi connectivity index (χ1) is 15.1. The molecule has 31 heavy (non-hydrogen) atoms. The SMILES string of the molecule is CCOC1=NC2=NC(c3ccc(C)cn3)=NC3=NC(c4ccc(OC)cn4)=NC(=N1)N23. The Morgan fingerprint density at radius 2 is 1.42 bits per heavy atom. The van der Waals surface area contributed by atoms with Gasteiger partial charge in [0, 0.05) is 6.20 Å². The van der Waals surface area contributed by atoms with Crippen LogP contribution in [0, 0.1) is 6.92 Å². The molecule has 3 aliphatic rings. The van der Waals surface area contributed by atoms with E-state index in [9.17, 15) is 0 Å². The molecule has 0 N–H and O–H groups in total. The third-order valence-corrected chi connectivity index (χ3v) is 4.43. The molecule has 0 saturated heterocycles. The molecule has 3 aliphatic heterocycles. The summed E-state index contributed by atoms with van der Waals surface area (Å²) >= 11 is 0. The van der Waals surface area contributed by atoms with E-state index in [2.05, 4.69) is 39.9 Å². The first-order valence-corrected chi connectivity index (χ1v) is 9.53. The zero-order valence-corrected chi connectivity index (χ0v) is 17.0. The summed E-state index contributed by atoms with van der Waals surface area (Å²) in [5.74, 6) is 2.30. The summed E-state index contributed by atoms with van der Waals surface area (Å²) in [7, 11) is 1.58. The highest BCUT2D eigenvalue weighted by Crippen LogP contribution is 2.21. The number of hydrogen-bond acceptors (Lipinski definition) is 11. The van der Waals surface area contributed by atoms with Gasteiger partial charge in [0.25, 0.3) is 0 Å². The average molecular weight is 415 g/mol. The maximum atomic E-state index is 5.51. The maximum Gasteiger partial charge on any atom is 0.323 e. The van der Waals surface area contributed by atoms with E-state index >= 15 is 0 Å². The molecule has 5 heterocycles. The van der Waals surface area contributed by atoms with E-state index in [-0.39, 0.29) is 6.02 Å². The van der Waals surface area contributed by atoms with Crippen molar-refractivity contribution in [1.82, 2.24) is 14.9 Å². The van der Waals surface area contributed by atoms with E-state index in [1.807, 2.05) is 26.0 Å². The molecule has 0 saturated carbocycles. The first-order valence-electron chi connectivity index (χ1n) is 9.53. The summed E-state index contributed by atoms with van der Waals surface area (Å²) in [6.07, 6.45) is 3.35. The second-order valence-electron chi connectivity index (χ2n) is 6.57. The third kappa shape index (κ3) is 3.45. The average Bonchev–Trinajstić information content (AvgIpc) is 2.79. The summed E-state index contributed by atoms with van der Waals surface area (Å²) in [5.41, 5.74) is 2.18. The van der Waals surface area contributed by atoms with Crippen LogP contribution in [-0.4, -0.2) is 64.2 Å². The molecule has 2 aromatic heterocycles. The standard InChI is InChI=1S/C20H17N9O2/c1-4-31-20-27-18-25-15(13-7-5-11(2)9-21-13)23-17-24-16(26-19(28-20)29(17)18)14-8-6-12(30-3)10-22-14/h5-10H,4H2,1-3H3. The number of amidine groups is 3. The summed E-state index contributed by atoms with van der Waals surface area (Å²) in [4.78, 5) is 37.3. The summed E-state index contributed by atoms with van der Waals surface area (Å²) in [6.45, 7) is 4.22. The summed E-state index contributed by atoms with van der Waals surface area (Å²) < 4.78 is 10.7. The van der Waals surface area contributed by atoms with Crippen molar-refractivity contribution < 1.29 is 9.47 Å². The van der Waals surface area contributed by atoms with E-state index in [0.29, 0.717) is 53.3 Å². The molecule has 11 nitrogen and oxygen atoms in total. The maximum absolute atomic E-state index is 5.51. The van der Waals surface area contributed by atoms with Gasteiger partial charge >= 0.3 is 6.02 Å². The number of rotatable bonds is 4. The number of aryl methyl sites for hydroxylation is 1. The fourth-order valence-electron chi connectivity index (χ4n) is 2.92. The Morgan fingerprint density at radius 3 is 2.00 bits per heavy atom. The highest BCUT2D eigenvalue weighted by atomic mass is 16.5. The Balaban J connectivity index is 1.63. The summed E-state index contributed by atoms with van der Waals surface area (Å²) in [6, 6.07) is 7.51. The monoisotopic (exact) mass is 415 g/mol. The van der Waals surface area contributed by atoms with Gasteiger partial charge in [0.05, 0.1) is 19.9 Å². The molecule has 0 radical (unpaired) electrons. The van der Waals surface area contributed by atoms with Gasteiger partial charge in [0.15, 0.2) is 11.7 Å². The predicted octanol–water partition coefficient (Wildman–Crippen LogP) is 1.79. The van der Waals surface area contributed by atoms with Crippen molar-refractivity contribution in [2.45, 2.75) is 13.8 Å². The van der Waals surface area contributed by atoms with Crippen LogP contribution >= 0.6 is 0 Å². The number of nitrogens with zero attached hydrogens (tertiary/aromatic N) is 9. The Labute approximate surface area is 177 Å². The van der Waals surface area contributed by atoms with E-state index < -0.39 is 0 Å². The van der Waals surface area contributed by atoms with Gasteiger partial charge in [-0.05, 0) is 37.6 Å². The number of ether oxygens (including phenoxy) is 2. The van der Waals surface area contributed by atoms with Crippen LogP contribution in [0.1, 0.15) is 23.9 Å². The van der Waals surface area contributed by atoms with Crippen molar-refractivity contribution >= 4 is 35.6 Å². The lowest BCUT2D eigenvalue weighted by Gasteiger charge is -2.29. The molecule has 2 aromatic rings. The number of guanidine groups is 3. The topological polar surface area (TPSA) is 122 Å². The van der Waals surface area contributed by atoms with Crippen LogP contribution in [0.2, 0.25) is 0 Å². The minimum absolute atomic E-state index is 0.164. The van der Waals surface area contributed by atoms with Crippen molar-refractivity contribution in [2.75, 3.05) is 13.7 Å². The Kier molecular flexibility index (Phi) is 4.54. The van der Waals surface area contributed by atoms with E-state index in [0.717, 1.165) is 5.56 Å². The fourth-order valence-corrected chi connectivity index (χ4v) is 2.92. The highest BCUT2D eigenvalue weighted by molar-refractivity contribution is 6.32. The second kappa shape index (κ2) is 7.52. The van der Waals surface area contributed by atoms with Crippen LogP contribution in [-0.2, 0) is 4.74 Å². The number of pyridine rings is 2. The third-order valence-electron chi connectivity index (χ3n) is 4.43. The molecule has 0 amide bonds. The van der Waals surface area contributed by atoms with Crippen molar-refractivity contribution in [2.24, 2.45) is 30.0 Å². The lowest BCUT2D eigenvalue weighted by Crippen LogP contribution is -2.48. The van der Waals surface area contributed by atoms with Crippen LogP contribution in [0.4, 0.5) is 0 Å². The minimum atomic E-state index is 0.164. The molecular formula is C20H17N9O2. The van der Waals surface area contributed by atoms with Crippen molar-refractivity contribution in [1.29, 1.82) is 0 Å². The normalized spacial score (nSPS) is 16.8. The molecule has 154 valence electrons. The first kappa shape index (κ1) is 18.7. The van der Waals surface area contributed by atoms with Crippen LogP contribution in [0.3, 0.4) is 0 Å². The smallest absolute Gasteiger partial charge is 0.323 e. The number of aliphatic imine (C=N–C) groups is 6. The molecule has 0 fully saturated rings. The van der Waals surface area contributed by atoms with Crippen molar-refractivity contribution in [3.8, 4) is 5.75 Å². The summed E-state index contributed by atoms with van der Waals surface area (Å²) in [5, 5.41) is 0. The van der Waals surface area contributed by atoms with Gasteiger partial charge in [-0.15, -0.1) is 0 Å². The molecule has 0 atom stereocenters. The molecular weight excluding hydrogens is 398 g/mol. The molecule has 0 aliphatic carbocycles. The largest absolute Gasteiger partial charge is 0.495 e. The molecule has 0 spiro atoms. The van der Waals surface area contributed by atoms with Gasteiger partial charge < -0.3 is 9.47 Å². The van der Waals surface area contributed by atoms with Gasteiger partial charge in [-0.25, -0.2) is 9.88 Å². The van der Waals surface area contributed by atoms with Crippen LogP contribution < -0.4 is 4.74 Å². The van der Waals surface area contributed by atoms with E-state index in [1.54, 1.807) is 36.5 Å². The lowest BCUT2D eigenvalue weighted by atomic mass is 10.2. The molecule has 0 bridgehead atoms. The van der Waals surface area contributed by atoms with Crippen molar-refractivity contribution in [3.63, 3.8) is 0 Å². The molecule has 11 heteroatoms. The molecule has 0 unspecified atom stereocenters. The molecule has 0 aromatic carbocycles. The number of aromatic nitrogens is 2. The van der Waals surface area contributed by atoms with Gasteiger partial charge in [-0.3, -0.25) is 4.98 Å². The Bertz CT molecular complexity index is 1220. The lowest BCUT2D eigenvalue weighted by molar-refractivity contribution is 0.321. The van der Waals surface area contributed by atoms with Crippen LogP contribution in [0.5, 0.6) is 5.75 Å². The fraction of sp³-hybridized carbons (Fsp3) is 0.200. The number of hydrogen-bond donors (Lipinski definition) is 0. The van der Waals surface area contributed by atoms with Gasteiger partial charge in [-0.1, -0.05) is 6.07 Å². The van der Waals surface area contributed by atoms with E-state index in [1.165, 1.54) is 0 Å². The Morgan fingerprint density at radius 1 is 0.774 bits per heavy atom. The predicted molar refractivity (Wildman–Crippen MR) is 116 cm³/mol.